The van der Waals surface area contributed by atoms with Crippen LogP contribution in [0.4, 0.5) is 4.79 Å². The van der Waals surface area contributed by atoms with Gasteiger partial charge in [-0.3, -0.25) is 0 Å². The monoisotopic (exact) mass is 182 g/mol. The summed E-state index contributed by atoms with van der Waals surface area (Å²) in [4.78, 5) is 11.1. The van der Waals surface area contributed by atoms with Gasteiger partial charge in [-0.25, -0.2) is 4.79 Å². The van der Waals surface area contributed by atoms with Crippen LogP contribution in [0, 0.1) is 11.8 Å². The Morgan fingerprint density at radius 3 is 2.23 bits per heavy atom. The molecule has 0 aromatic heterocycles. The molecule has 0 bridgehead atoms. The van der Waals surface area contributed by atoms with E-state index in [1.807, 2.05) is 0 Å². The highest BCUT2D eigenvalue weighted by Crippen LogP contribution is 2.20. The van der Waals surface area contributed by atoms with E-state index in [2.05, 4.69) is 38.3 Å². The molecule has 74 valence electrons. The molecule has 0 saturated carbocycles. The molecule has 2 amide bonds. The lowest BCUT2D eigenvalue weighted by Gasteiger charge is -2.26. The standard InChI is InChI=1S/C10H18N2O/c1-6(2)8-5-11-10(13)12-9(8)7(3)4/h6-7H,5H2,1-4H3,(H2,11,12,13). The molecule has 0 fully saturated rings. The molecule has 0 spiro atoms. The van der Waals surface area contributed by atoms with Crippen molar-refractivity contribution in [1.29, 1.82) is 0 Å². The van der Waals surface area contributed by atoms with Gasteiger partial charge >= 0.3 is 6.03 Å². The molecule has 0 aromatic carbocycles. The third-order valence-corrected chi connectivity index (χ3v) is 2.31. The zero-order valence-corrected chi connectivity index (χ0v) is 8.77. The van der Waals surface area contributed by atoms with E-state index < -0.39 is 0 Å². The van der Waals surface area contributed by atoms with Gasteiger partial charge in [-0.1, -0.05) is 27.7 Å². The maximum absolute atomic E-state index is 11.1. The lowest BCUT2D eigenvalue weighted by molar-refractivity contribution is 0.240. The second kappa shape index (κ2) is 3.81. The van der Waals surface area contributed by atoms with Crippen molar-refractivity contribution in [1.82, 2.24) is 10.6 Å². The maximum atomic E-state index is 11.1. The topological polar surface area (TPSA) is 41.1 Å². The second-order valence-corrected chi connectivity index (χ2v) is 4.06. The number of rotatable bonds is 2. The van der Waals surface area contributed by atoms with Crippen molar-refractivity contribution in [3.8, 4) is 0 Å². The van der Waals surface area contributed by atoms with Crippen molar-refractivity contribution in [2.45, 2.75) is 27.7 Å². The number of carbonyl (C=O) groups excluding carboxylic acids is 1. The van der Waals surface area contributed by atoms with Crippen LogP contribution in [0.2, 0.25) is 0 Å². The molecule has 0 atom stereocenters. The van der Waals surface area contributed by atoms with Gasteiger partial charge in [0.05, 0.1) is 0 Å². The summed E-state index contributed by atoms with van der Waals surface area (Å²) in [6.07, 6.45) is 0. The van der Waals surface area contributed by atoms with E-state index in [-0.39, 0.29) is 6.03 Å². The quantitative estimate of drug-likeness (QED) is 0.672. The van der Waals surface area contributed by atoms with Crippen molar-refractivity contribution in [2.24, 2.45) is 11.8 Å². The summed E-state index contributed by atoms with van der Waals surface area (Å²) in [6, 6.07) is -0.0758. The lowest BCUT2D eigenvalue weighted by atomic mass is 9.94. The van der Waals surface area contributed by atoms with Crippen molar-refractivity contribution < 1.29 is 4.79 Å². The Kier molecular flexibility index (Phi) is 2.96. The fourth-order valence-corrected chi connectivity index (χ4v) is 1.55. The van der Waals surface area contributed by atoms with Gasteiger partial charge in [0.25, 0.3) is 0 Å². The van der Waals surface area contributed by atoms with Crippen LogP contribution in [-0.4, -0.2) is 12.6 Å². The molecule has 0 saturated heterocycles. The van der Waals surface area contributed by atoms with E-state index in [4.69, 9.17) is 0 Å². The normalized spacial score (nSPS) is 17.8. The summed E-state index contributed by atoms with van der Waals surface area (Å²) in [7, 11) is 0. The third-order valence-electron chi connectivity index (χ3n) is 2.31. The third kappa shape index (κ3) is 2.23. The Morgan fingerprint density at radius 2 is 1.77 bits per heavy atom. The molecule has 0 radical (unpaired) electrons. The molecular formula is C10H18N2O. The number of urea groups is 1. The first-order valence-corrected chi connectivity index (χ1v) is 4.80. The van der Waals surface area contributed by atoms with Crippen molar-refractivity contribution in [2.75, 3.05) is 6.54 Å². The van der Waals surface area contributed by atoms with Crippen LogP contribution in [0.1, 0.15) is 27.7 Å². The largest absolute Gasteiger partial charge is 0.334 e. The average molecular weight is 182 g/mol. The summed E-state index contributed by atoms with van der Waals surface area (Å²) in [5.74, 6) is 0.883. The first kappa shape index (κ1) is 10.1. The van der Waals surface area contributed by atoms with Crippen LogP contribution in [0.3, 0.4) is 0 Å². The zero-order chi connectivity index (χ0) is 10.0. The van der Waals surface area contributed by atoms with Gasteiger partial charge in [-0.2, -0.15) is 0 Å². The number of nitrogens with one attached hydrogen (secondary N) is 2. The van der Waals surface area contributed by atoms with Crippen LogP contribution in [0.5, 0.6) is 0 Å². The number of hydrogen-bond acceptors (Lipinski definition) is 1. The minimum atomic E-state index is -0.0758. The predicted molar refractivity (Wildman–Crippen MR) is 53.2 cm³/mol. The maximum Gasteiger partial charge on any atom is 0.319 e. The Morgan fingerprint density at radius 1 is 1.15 bits per heavy atom. The lowest BCUT2D eigenvalue weighted by Crippen LogP contribution is -2.44. The molecule has 1 aliphatic rings. The molecule has 1 rings (SSSR count). The molecule has 0 aliphatic carbocycles. The SMILES string of the molecule is CC(C)C1=C(C(C)C)NC(=O)NC1. The van der Waals surface area contributed by atoms with E-state index in [0.29, 0.717) is 18.4 Å². The van der Waals surface area contributed by atoms with Crippen molar-refractivity contribution in [3.05, 3.63) is 11.3 Å². The fourth-order valence-electron chi connectivity index (χ4n) is 1.55. The minimum Gasteiger partial charge on any atom is -0.334 e. The van der Waals surface area contributed by atoms with Gasteiger partial charge < -0.3 is 10.6 Å². The second-order valence-electron chi connectivity index (χ2n) is 4.06. The first-order chi connectivity index (χ1) is 6.02. The number of carbonyl (C=O) groups is 1. The van der Waals surface area contributed by atoms with E-state index >= 15 is 0 Å². The molecule has 3 nitrogen and oxygen atoms in total. The van der Waals surface area contributed by atoms with E-state index in [0.717, 1.165) is 5.70 Å². The smallest absolute Gasteiger partial charge is 0.319 e. The Bertz CT molecular complexity index is 241. The van der Waals surface area contributed by atoms with Crippen LogP contribution >= 0.6 is 0 Å². The summed E-state index contributed by atoms with van der Waals surface area (Å²) in [6.45, 7) is 9.19. The van der Waals surface area contributed by atoms with Gasteiger partial charge in [0, 0.05) is 12.2 Å². The van der Waals surface area contributed by atoms with Crippen LogP contribution in [0.25, 0.3) is 0 Å². The minimum absolute atomic E-state index is 0.0758. The Balaban J connectivity index is 2.93. The zero-order valence-electron chi connectivity index (χ0n) is 8.77. The van der Waals surface area contributed by atoms with Gasteiger partial charge in [0.2, 0.25) is 0 Å². The number of allylic oxidation sites excluding steroid dienone is 1. The molecular weight excluding hydrogens is 164 g/mol. The highest BCUT2D eigenvalue weighted by molar-refractivity contribution is 5.77. The van der Waals surface area contributed by atoms with Crippen molar-refractivity contribution >= 4 is 6.03 Å². The van der Waals surface area contributed by atoms with Gasteiger partial charge in [-0.05, 0) is 17.4 Å². The number of hydrogen-bond donors (Lipinski definition) is 2. The van der Waals surface area contributed by atoms with E-state index in [1.54, 1.807) is 0 Å². The molecule has 13 heavy (non-hydrogen) atoms. The van der Waals surface area contributed by atoms with Gasteiger partial charge in [0.15, 0.2) is 0 Å². The fraction of sp³-hybridized carbons (Fsp3) is 0.700. The summed E-state index contributed by atoms with van der Waals surface area (Å²) < 4.78 is 0. The first-order valence-electron chi connectivity index (χ1n) is 4.80. The van der Waals surface area contributed by atoms with Gasteiger partial charge in [0.1, 0.15) is 0 Å². The Labute approximate surface area is 79.6 Å². The molecule has 1 heterocycles. The Hall–Kier alpha value is -0.990. The highest BCUT2D eigenvalue weighted by Gasteiger charge is 2.20. The predicted octanol–water partition coefficient (Wildman–Crippen LogP) is 1.87. The van der Waals surface area contributed by atoms with Crippen molar-refractivity contribution in [3.63, 3.8) is 0 Å². The molecule has 0 aromatic rings. The van der Waals surface area contributed by atoms with Crippen LogP contribution in [-0.2, 0) is 0 Å². The molecule has 2 N–H and O–H groups in total. The highest BCUT2D eigenvalue weighted by atomic mass is 16.2. The molecule has 1 aliphatic heterocycles. The van der Waals surface area contributed by atoms with E-state index in [9.17, 15) is 4.79 Å². The summed E-state index contributed by atoms with van der Waals surface area (Å²) in [5, 5.41) is 5.67. The summed E-state index contributed by atoms with van der Waals surface area (Å²) >= 11 is 0. The molecule has 0 unspecified atom stereocenters. The molecule has 3 heteroatoms. The van der Waals surface area contributed by atoms with Gasteiger partial charge in [-0.15, -0.1) is 0 Å². The number of amides is 2. The average Bonchev–Trinajstić information content (AvgIpc) is 2.03. The van der Waals surface area contributed by atoms with Crippen LogP contribution in [0.15, 0.2) is 11.3 Å². The van der Waals surface area contributed by atoms with E-state index in [1.165, 1.54) is 5.57 Å². The van der Waals surface area contributed by atoms with Crippen LogP contribution < -0.4 is 10.6 Å². The summed E-state index contributed by atoms with van der Waals surface area (Å²) in [5.41, 5.74) is 2.41.